The summed E-state index contributed by atoms with van der Waals surface area (Å²) in [5.41, 5.74) is 0.429. The van der Waals surface area contributed by atoms with Gasteiger partial charge in [0.15, 0.2) is 0 Å². The van der Waals surface area contributed by atoms with E-state index in [1.54, 1.807) is 0 Å². The molecule has 1 fully saturated rings. The molecule has 0 N–H and O–H groups in total. The van der Waals surface area contributed by atoms with Crippen LogP contribution in [0.15, 0.2) is 0 Å². The molecule has 0 radical (unpaired) electrons. The number of hydrogen-bond acceptors (Lipinski definition) is 1. The van der Waals surface area contributed by atoms with Crippen molar-refractivity contribution >= 4 is 0 Å². The Bertz CT molecular complexity index is 111. The van der Waals surface area contributed by atoms with Gasteiger partial charge in [-0.1, -0.05) is 6.92 Å². The summed E-state index contributed by atoms with van der Waals surface area (Å²) in [6.45, 7) is 8.32. The number of rotatable bonds is 0. The van der Waals surface area contributed by atoms with E-state index in [-0.39, 0.29) is 18.9 Å². The fourth-order valence-corrected chi connectivity index (χ4v) is 1.65. The van der Waals surface area contributed by atoms with Crippen molar-refractivity contribution in [1.29, 1.82) is 0 Å². The molecule has 0 bridgehead atoms. The first-order chi connectivity index (χ1) is 4.55. The summed E-state index contributed by atoms with van der Waals surface area (Å²) in [5.74, 6) is 0.853. The van der Waals surface area contributed by atoms with Crippen LogP contribution in [0, 0.1) is 5.92 Å². The standard InChI is InChI=1S/C9H19N.Li/c1-8-6-5-7-10(4)9(8,2)3;/h8H,5-7H2,1-4H3;/q;+1. The van der Waals surface area contributed by atoms with E-state index in [4.69, 9.17) is 0 Å². The molecular weight excluding hydrogens is 129 g/mol. The van der Waals surface area contributed by atoms with Crippen molar-refractivity contribution in [3.8, 4) is 0 Å². The maximum absolute atomic E-state index is 2.47. The summed E-state index contributed by atoms with van der Waals surface area (Å²) in [6.07, 6.45) is 2.78. The topological polar surface area (TPSA) is 3.24 Å². The summed E-state index contributed by atoms with van der Waals surface area (Å²) in [5, 5.41) is 0. The van der Waals surface area contributed by atoms with Gasteiger partial charge in [-0.3, -0.25) is 0 Å². The fourth-order valence-electron chi connectivity index (χ4n) is 1.65. The van der Waals surface area contributed by atoms with Gasteiger partial charge in [0, 0.05) is 5.54 Å². The van der Waals surface area contributed by atoms with Crippen molar-refractivity contribution < 1.29 is 18.9 Å². The van der Waals surface area contributed by atoms with Crippen molar-refractivity contribution in [2.45, 2.75) is 39.2 Å². The van der Waals surface area contributed by atoms with Crippen molar-refractivity contribution in [3.05, 3.63) is 0 Å². The van der Waals surface area contributed by atoms with Crippen LogP contribution >= 0.6 is 0 Å². The van der Waals surface area contributed by atoms with Gasteiger partial charge in [-0.05, 0) is 46.2 Å². The average Bonchev–Trinajstić information content (AvgIpc) is 1.84. The molecule has 2 heteroatoms. The van der Waals surface area contributed by atoms with Crippen LogP contribution in [0.1, 0.15) is 33.6 Å². The molecule has 0 saturated carbocycles. The second kappa shape index (κ2) is 3.98. The molecule has 0 aliphatic carbocycles. The summed E-state index contributed by atoms with van der Waals surface area (Å²) in [7, 11) is 2.23. The van der Waals surface area contributed by atoms with Crippen LogP contribution < -0.4 is 18.9 Å². The van der Waals surface area contributed by atoms with Crippen LogP contribution in [0.3, 0.4) is 0 Å². The molecule has 0 aromatic heterocycles. The second-order valence-electron chi connectivity index (χ2n) is 4.12. The average molecular weight is 148 g/mol. The maximum atomic E-state index is 2.47. The van der Waals surface area contributed by atoms with E-state index in [2.05, 4.69) is 32.7 Å². The zero-order valence-corrected chi connectivity index (χ0v) is 8.65. The molecule has 0 amide bonds. The molecule has 1 unspecified atom stereocenters. The summed E-state index contributed by atoms with van der Waals surface area (Å²) in [4.78, 5) is 2.47. The van der Waals surface area contributed by atoms with Crippen LogP contribution in [0.4, 0.5) is 0 Å². The molecule has 1 atom stereocenters. The smallest absolute Gasteiger partial charge is 0.301 e. The summed E-state index contributed by atoms with van der Waals surface area (Å²) < 4.78 is 0. The van der Waals surface area contributed by atoms with E-state index in [0.717, 1.165) is 5.92 Å². The van der Waals surface area contributed by atoms with Gasteiger partial charge in [-0.15, -0.1) is 0 Å². The third kappa shape index (κ3) is 2.24. The van der Waals surface area contributed by atoms with Gasteiger partial charge in [-0.2, -0.15) is 0 Å². The Morgan fingerprint density at radius 3 is 2.27 bits per heavy atom. The zero-order chi connectivity index (χ0) is 7.78. The number of piperidine rings is 1. The maximum Gasteiger partial charge on any atom is 1.00 e. The Morgan fingerprint density at radius 1 is 1.36 bits per heavy atom. The van der Waals surface area contributed by atoms with Crippen molar-refractivity contribution in [2.75, 3.05) is 13.6 Å². The van der Waals surface area contributed by atoms with Gasteiger partial charge in [0.05, 0.1) is 0 Å². The first-order valence-corrected chi connectivity index (χ1v) is 4.26. The SMILES string of the molecule is CC1CCCN(C)C1(C)C.[Li+]. The van der Waals surface area contributed by atoms with Gasteiger partial charge in [0.1, 0.15) is 0 Å². The number of likely N-dealkylation sites (tertiary alicyclic amines) is 1. The minimum Gasteiger partial charge on any atom is -0.301 e. The molecule has 1 aliphatic rings. The number of nitrogens with zero attached hydrogens (tertiary/aromatic N) is 1. The van der Waals surface area contributed by atoms with Gasteiger partial charge in [0.2, 0.25) is 0 Å². The molecule has 1 saturated heterocycles. The van der Waals surface area contributed by atoms with Gasteiger partial charge < -0.3 is 4.90 Å². The molecule has 0 aromatic carbocycles. The molecule has 0 aromatic rings. The molecule has 1 heterocycles. The molecule has 1 nitrogen and oxygen atoms in total. The van der Waals surface area contributed by atoms with E-state index in [0.29, 0.717) is 5.54 Å². The van der Waals surface area contributed by atoms with Crippen LogP contribution in [0.5, 0.6) is 0 Å². The van der Waals surface area contributed by atoms with E-state index >= 15 is 0 Å². The van der Waals surface area contributed by atoms with Crippen LogP contribution in [-0.4, -0.2) is 24.0 Å². The number of hydrogen-bond donors (Lipinski definition) is 0. The predicted molar refractivity (Wildman–Crippen MR) is 45.1 cm³/mol. The molecule has 0 spiro atoms. The summed E-state index contributed by atoms with van der Waals surface area (Å²) >= 11 is 0. The molecule has 11 heavy (non-hydrogen) atoms. The van der Waals surface area contributed by atoms with Gasteiger partial charge in [-0.25, -0.2) is 0 Å². The third-order valence-corrected chi connectivity index (χ3v) is 3.32. The van der Waals surface area contributed by atoms with E-state index in [1.165, 1.54) is 19.4 Å². The fraction of sp³-hybridized carbons (Fsp3) is 1.00. The predicted octanol–water partition coefficient (Wildman–Crippen LogP) is -0.869. The Morgan fingerprint density at radius 2 is 1.91 bits per heavy atom. The molecular formula is C9H19LiN+. The Labute approximate surface area is 82.7 Å². The van der Waals surface area contributed by atoms with Crippen molar-refractivity contribution in [3.63, 3.8) is 0 Å². The van der Waals surface area contributed by atoms with Crippen LogP contribution in [-0.2, 0) is 0 Å². The Hall–Kier alpha value is 0.557. The first-order valence-electron chi connectivity index (χ1n) is 4.26. The van der Waals surface area contributed by atoms with Crippen molar-refractivity contribution in [1.82, 2.24) is 4.90 Å². The van der Waals surface area contributed by atoms with E-state index in [1.807, 2.05) is 0 Å². The van der Waals surface area contributed by atoms with E-state index < -0.39 is 0 Å². The van der Waals surface area contributed by atoms with Gasteiger partial charge in [0.25, 0.3) is 0 Å². The summed E-state index contributed by atoms with van der Waals surface area (Å²) in [6, 6.07) is 0. The Kier molecular flexibility index (Phi) is 4.19. The molecule has 1 rings (SSSR count). The first kappa shape index (κ1) is 11.6. The largest absolute Gasteiger partial charge is 1.00 e. The third-order valence-electron chi connectivity index (χ3n) is 3.32. The molecule has 1 aliphatic heterocycles. The minimum atomic E-state index is 0. The minimum absolute atomic E-state index is 0. The van der Waals surface area contributed by atoms with Gasteiger partial charge >= 0.3 is 18.9 Å². The second-order valence-corrected chi connectivity index (χ2v) is 4.12. The monoisotopic (exact) mass is 148 g/mol. The zero-order valence-electron chi connectivity index (χ0n) is 8.65. The van der Waals surface area contributed by atoms with Crippen molar-refractivity contribution in [2.24, 2.45) is 5.92 Å². The molecule has 60 valence electrons. The van der Waals surface area contributed by atoms with Crippen LogP contribution in [0.25, 0.3) is 0 Å². The normalized spacial score (nSPS) is 31.1. The van der Waals surface area contributed by atoms with E-state index in [9.17, 15) is 0 Å². The van der Waals surface area contributed by atoms with Crippen LogP contribution in [0.2, 0.25) is 0 Å². The Balaban J connectivity index is 0.000001000. The quantitative estimate of drug-likeness (QED) is 0.404.